The molecule has 0 saturated carbocycles. The molecule has 0 atom stereocenters. The lowest BCUT2D eigenvalue weighted by molar-refractivity contribution is 0.222. The van der Waals surface area contributed by atoms with Gasteiger partial charge in [0.05, 0.1) is 5.69 Å². The fourth-order valence-electron chi connectivity index (χ4n) is 1.38. The zero-order valence-corrected chi connectivity index (χ0v) is 9.97. The van der Waals surface area contributed by atoms with Crippen LogP contribution in [0.2, 0.25) is 0 Å². The topological polar surface area (TPSA) is 42.1 Å². The van der Waals surface area contributed by atoms with Crippen LogP contribution in [-0.4, -0.2) is 22.5 Å². The molecule has 2 N–H and O–H groups in total. The molecule has 0 unspecified atom stereocenters. The third-order valence-electron chi connectivity index (χ3n) is 2.28. The van der Waals surface area contributed by atoms with E-state index in [0.717, 1.165) is 23.8 Å². The van der Waals surface area contributed by atoms with Gasteiger partial charge in [0.1, 0.15) is 5.01 Å². The predicted octanol–water partition coefficient (Wildman–Crippen LogP) is 1.83. The maximum atomic E-state index is 5.52. The molecule has 0 bridgehead atoms. The summed E-state index contributed by atoms with van der Waals surface area (Å²) in [5.74, 6) is 0. The number of aromatic nitrogens is 1. The van der Waals surface area contributed by atoms with Crippen LogP contribution in [-0.2, 0) is 13.1 Å². The van der Waals surface area contributed by atoms with Gasteiger partial charge in [-0.15, -0.1) is 11.3 Å². The third kappa shape index (κ3) is 3.04. The van der Waals surface area contributed by atoms with Crippen LogP contribution in [0, 0.1) is 0 Å². The second-order valence-corrected chi connectivity index (χ2v) is 4.54. The average Bonchev–Trinajstić information content (AvgIpc) is 2.61. The van der Waals surface area contributed by atoms with Gasteiger partial charge < -0.3 is 5.73 Å². The summed E-state index contributed by atoms with van der Waals surface area (Å²) in [6.45, 7) is 9.14. The van der Waals surface area contributed by atoms with Gasteiger partial charge in [-0.25, -0.2) is 4.98 Å². The van der Waals surface area contributed by atoms with E-state index in [1.165, 1.54) is 0 Å². The summed E-state index contributed by atoms with van der Waals surface area (Å²) in [5.41, 5.74) is 6.67. The summed E-state index contributed by atoms with van der Waals surface area (Å²) in [5, 5.41) is 3.13. The van der Waals surface area contributed by atoms with Crippen molar-refractivity contribution >= 4 is 11.3 Å². The van der Waals surface area contributed by atoms with Crippen LogP contribution in [0.4, 0.5) is 0 Å². The number of nitrogens with two attached hydrogens (primary N) is 1. The van der Waals surface area contributed by atoms with Crippen molar-refractivity contribution in [1.82, 2.24) is 9.88 Å². The molecule has 1 aromatic rings. The van der Waals surface area contributed by atoms with Crippen molar-refractivity contribution in [3.8, 4) is 0 Å². The minimum absolute atomic E-state index is 0.554. The van der Waals surface area contributed by atoms with E-state index in [-0.39, 0.29) is 0 Å². The van der Waals surface area contributed by atoms with Crippen molar-refractivity contribution in [2.75, 3.05) is 6.54 Å². The first kappa shape index (κ1) is 11.6. The quantitative estimate of drug-likeness (QED) is 0.811. The van der Waals surface area contributed by atoms with E-state index < -0.39 is 0 Å². The van der Waals surface area contributed by atoms with Crippen LogP contribution >= 0.6 is 11.3 Å². The second kappa shape index (κ2) is 5.44. The van der Waals surface area contributed by atoms with Gasteiger partial charge in [0, 0.05) is 24.5 Å². The number of rotatable bonds is 5. The molecule has 0 saturated heterocycles. The fraction of sp³-hybridized carbons (Fsp3) is 0.700. The largest absolute Gasteiger partial charge is 0.325 e. The van der Waals surface area contributed by atoms with E-state index in [4.69, 9.17) is 5.73 Å². The Balaban J connectivity index is 2.57. The van der Waals surface area contributed by atoms with Crippen molar-refractivity contribution in [2.45, 2.75) is 39.9 Å². The van der Waals surface area contributed by atoms with Gasteiger partial charge in [0.2, 0.25) is 0 Å². The Labute approximate surface area is 89.9 Å². The molecule has 80 valence electrons. The van der Waals surface area contributed by atoms with Crippen molar-refractivity contribution in [3.63, 3.8) is 0 Å². The summed E-state index contributed by atoms with van der Waals surface area (Å²) in [7, 11) is 0. The third-order valence-corrected chi connectivity index (χ3v) is 3.20. The van der Waals surface area contributed by atoms with Crippen molar-refractivity contribution in [1.29, 1.82) is 0 Å². The molecule has 0 amide bonds. The normalized spacial score (nSPS) is 11.6. The Hall–Kier alpha value is -0.450. The molecular formula is C10H19N3S. The molecule has 1 aromatic heterocycles. The van der Waals surface area contributed by atoms with Gasteiger partial charge in [-0.1, -0.05) is 6.92 Å². The lowest BCUT2D eigenvalue weighted by Gasteiger charge is -2.23. The maximum Gasteiger partial charge on any atom is 0.106 e. The molecule has 14 heavy (non-hydrogen) atoms. The van der Waals surface area contributed by atoms with Crippen LogP contribution in [0.3, 0.4) is 0 Å². The highest BCUT2D eigenvalue weighted by atomic mass is 32.1. The Morgan fingerprint density at radius 1 is 1.57 bits per heavy atom. The SMILES string of the molecule is CCN(Cc1csc(CN)n1)C(C)C. The zero-order chi connectivity index (χ0) is 10.6. The minimum atomic E-state index is 0.554. The smallest absolute Gasteiger partial charge is 0.106 e. The van der Waals surface area contributed by atoms with Gasteiger partial charge in [-0.3, -0.25) is 4.90 Å². The Kier molecular flexibility index (Phi) is 4.51. The van der Waals surface area contributed by atoms with Gasteiger partial charge in [-0.05, 0) is 20.4 Å². The summed E-state index contributed by atoms with van der Waals surface area (Å²) in [6.07, 6.45) is 0. The van der Waals surface area contributed by atoms with Crippen LogP contribution in [0.1, 0.15) is 31.5 Å². The Morgan fingerprint density at radius 3 is 2.71 bits per heavy atom. The van der Waals surface area contributed by atoms with E-state index in [1.807, 2.05) is 0 Å². The number of hydrogen-bond donors (Lipinski definition) is 1. The highest BCUT2D eigenvalue weighted by molar-refractivity contribution is 7.09. The number of nitrogens with zero attached hydrogens (tertiary/aromatic N) is 2. The second-order valence-electron chi connectivity index (χ2n) is 3.59. The first-order valence-electron chi connectivity index (χ1n) is 5.04. The molecule has 0 aliphatic heterocycles. The maximum absolute atomic E-state index is 5.52. The molecule has 0 spiro atoms. The number of thiazole rings is 1. The lowest BCUT2D eigenvalue weighted by Crippen LogP contribution is -2.30. The molecule has 4 heteroatoms. The van der Waals surface area contributed by atoms with Gasteiger partial charge in [-0.2, -0.15) is 0 Å². The van der Waals surface area contributed by atoms with E-state index >= 15 is 0 Å². The van der Waals surface area contributed by atoms with E-state index in [9.17, 15) is 0 Å². The molecule has 0 aliphatic rings. The Bertz CT molecular complexity index is 270. The van der Waals surface area contributed by atoms with Crippen molar-refractivity contribution < 1.29 is 0 Å². The monoisotopic (exact) mass is 213 g/mol. The first-order valence-corrected chi connectivity index (χ1v) is 5.92. The molecule has 0 radical (unpaired) electrons. The molecule has 3 nitrogen and oxygen atoms in total. The van der Waals surface area contributed by atoms with Crippen molar-refractivity contribution in [2.24, 2.45) is 5.73 Å². The molecule has 0 aromatic carbocycles. The van der Waals surface area contributed by atoms with Gasteiger partial charge >= 0.3 is 0 Å². The minimum Gasteiger partial charge on any atom is -0.325 e. The molecule has 0 fully saturated rings. The van der Waals surface area contributed by atoms with Crippen LogP contribution < -0.4 is 5.73 Å². The van der Waals surface area contributed by atoms with Crippen molar-refractivity contribution in [3.05, 3.63) is 16.1 Å². The molecule has 0 aliphatic carbocycles. The number of hydrogen-bond acceptors (Lipinski definition) is 4. The summed E-state index contributed by atoms with van der Waals surface area (Å²) in [6, 6.07) is 0.572. The van der Waals surface area contributed by atoms with Crippen LogP contribution in [0.25, 0.3) is 0 Å². The predicted molar refractivity (Wildman–Crippen MR) is 61.2 cm³/mol. The molecule has 1 rings (SSSR count). The van der Waals surface area contributed by atoms with E-state index in [2.05, 4.69) is 36.0 Å². The lowest BCUT2D eigenvalue weighted by atomic mass is 10.3. The molecule has 1 heterocycles. The molecular weight excluding hydrogens is 194 g/mol. The van der Waals surface area contributed by atoms with Gasteiger partial charge in [0.15, 0.2) is 0 Å². The summed E-state index contributed by atoms with van der Waals surface area (Å²) in [4.78, 5) is 6.84. The summed E-state index contributed by atoms with van der Waals surface area (Å²) >= 11 is 1.65. The average molecular weight is 213 g/mol. The van der Waals surface area contributed by atoms with E-state index in [0.29, 0.717) is 12.6 Å². The standard InChI is InChI=1S/C10H19N3S/c1-4-13(8(2)3)6-9-7-14-10(5-11)12-9/h7-8H,4-6,11H2,1-3H3. The Morgan fingerprint density at radius 2 is 2.29 bits per heavy atom. The highest BCUT2D eigenvalue weighted by Crippen LogP contribution is 2.12. The summed E-state index contributed by atoms with van der Waals surface area (Å²) < 4.78 is 0. The van der Waals surface area contributed by atoms with E-state index in [1.54, 1.807) is 11.3 Å². The zero-order valence-electron chi connectivity index (χ0n) is 9.16. The van der Waals surface area contributed by atoms with Crippen LogP contribution in [0.15, 0.2) is 5.38 Å². The first-order chi connectivity index (χ1) is 6.67. The van der Waals surface area contributed by atoms with Crippen LogP contribution in [0.5, 0.6) is 0 Å². The van der Waals surface area contributed by atoms with Gasteiger partial charge in [0.25, 0.3) is 0 Å². The highest BCUT2D eigenvalue weighted by Gasteiger charge is 2.09. The fourth-order valence-corrected chi connectivity index (χ4v) is 2.05.